The number of carboxylic acid groups (broad SMARTS) is 2. The first-order chi connectivity index (χ1) is 12.1. The maximum Gasteiger partial charge on any atom is 0.328 e. The molecule has 2 unspecified atom stereocenters. The minimum atomic E-state index is -1.26. The second-order valence-corrected chi connectivity index (χ2v) is 6.08. The minimum Gasteiger partial charge on any atom is -0.478 e. The summed E-state index contributed by atoms with van der Waals surface area (Å²) in [6.45, 7) is 1.11. The normalized spacial score (nSPS) is 20.0. The maximum atomic E-state index is 9.55. The highest BCUT2D eigenvalue weighted by atomic mass is 16.4. The Hall–Kier alpha value is -2.92. The lowest BCUT2D eigenvalue weighted by molar-refractivity contribution is -0.134. The summed E-state index contributed by atoms with van der Waals surface area (Å²) in [5.74, 6) is -1.87. The average molecular weight is 337 g/mol. The van der Waals surface area contributed by atoms with E-state index in [1.807, 2.05) is 0 Å². The molecule has 0 saturated carbocycles. The van der Waals surface area contributed by atoms with Gasteiger partial charge in [-0.3, -0.25) is 0 Å². The van der Waals surface area contributed by atoms with Crippen LogP contribution in [0.3, 0.4) is 0 Å². The van der Waals surface area contributed by atoms with Crippen molar-refractivity contribution >= 4 is 11.9 Å². The molecule has 2 aromatic rings. The first-order valence-electron chi connectivity index (χ1n) is 8.10. The Morgan fingerprint density at radius 1 is 0.880 bits per heavy atom. The zero-order valence-corrected chi connectivity index (χ0v) is 13.6. The molecule has 2 aromatic carbocycles. The van der Waals surface area contributed by atoms with E-state index in [1.165, 1.54) is 23.1 Å². The molecule has 2 bridgehead atoms. The van der Waals surface area contributed by atoms with Gasteiger partial charge in [-0.2, -0.15) is 0 Å². The van der Waals surface area contributed by atoms with Gasteiger partial charge < -0.3 is 15.5 Å². The number of rotatable bonds is 2. The Bertz CT molecular complexity index is 812. The summed E-state index contributed by atoms with van der Waals surface area (Å²) < 4.78 is 0. The predicted molar refractivity (Wildman–Crippen MR) is 93.6 cm³/mol. The van der Waals surface area contributed by atoms with E-state index in [9.17, 15) is 9.59 Å². The number of carbonyl (C=O) groups is 2. The standard InChI is InChI=1S/C16H15N.C4H4O4/c1-2-7-14-11(5-1)9-12-10-17-16(14)15-8-4-3-6-13(12)15;5-3(6)1-2-4(7)8/h1-8,12,16-17H,9-10H2;1-2H,(H,5,6)(H,7,8)/b;2-1+. The van der Waals surface area contributed by atoms with E-state index in [0.717, 1.165) is 6.54 Å². The smallest absolute Gasteiger partial charge is 0.328 e. The molecule has 1 aliphatic carbocycles. The highest BCUT2D eigenvalue weighted by molar-refractivity contribution is 5.89. The summed E-state index contributed by atoms with van der Waals surface area (Å²) in [5.41, 5.74) is 6.02. The summed E-state index contributed by atoms with van der Waals surface area (Å²) in [4.78, 5) is 19.1. The molecule has 5 rings (SSSR count). The molecule has 3 N–H and O–H groups in total. The van der Waals surface area contributed by atoms with Gasteiger partial charge in [0.05, 0.1) is 6.04 Å². The number of hydrogen-bond donors (Lipinski definition) is 3. The fourth-order valence-corrected chi connectivity index (χ4v) is 3.49. The van der Waals surface area contributed by atoms with Gasteiger partial charge in [0.2, 0.25) is 0 Å². The van der Waals surface area contributed by atoms with E-state index in [1.54, 1.807) is 5.56 Å². The maximum absolute atomic E-state index is 9.55. The van der Waals surface area contributed by atoms with Crippen LogP contribution in [0, 0.1) is 0 Å². The van der Waals surface area contributed by atoms with Crippen LogP contribution in [0.1, 0.15) is 34.2 Å². The molecule has 3 aliphatic rings. The van der Waals surface area contributed by atoms with E-state index in [-0.39, 0.29) is 0 Å². The fraction of sp³-hybridized carbons (Fsp3) is 0.200. The predicted octanol–water partition coefficient (Wildman–Crippen LogP) is 2.73. The Morgan fingerprint density at radius 2 is 1.44 bits per heavy atom. The highest BCUT2D eigenvalue weighted by Gasteiger charge is 2.32. The molecule has 5 heteroatoms. The first-order valence-corrected chi connectivity index (χ1v) is 8.10. The SMILES string of the molecule is O=C(O)/C=C/C(=O)O.c1ccc2c(c1)CC1CNC2c2ccccc21. The molecule has 2 atom stereocenters. The zero-order valence-electron chi connectivity index (χ0n) is 13.6. The quantitative estimate of drug-likeness (QED) is 0.734. The van der Waals surface area contributed by atoms with Gasteiger partial charge in [-0.1, -0.05) is 48.5 Å². The molecular weight excluding hydrogens is 318 g/mol. The molecule has 25 heavy (non-hydrogen) atoms. The lowest BCUT2D eigenvalue weighted by atomic mass is 9.87. The molecule has 128 valence electrons. The largest absolute Gasteiger partial charge is 0.478 e. The number of hydrogen-bond acceptors (Lipinski definition) is 3. The summed E-state index contributed by atoms with van der Waals surface area (Å²) >= 11 is 0. The molecule has 0 fully saturated rings. The Balaban J connectivity index is 0.000000197. The molecule has 0 saturated heterocycles. The van der Waals surface area contributed by atoms with Gasteiger partial charge in [0.1, 0.15) is 0 Å². The van der Waals surface area contributed by atoms with Gasteiger partial charge in [-0.15, -0.1) is 0 Å². The zero-order chi connectivity index (χ0) is 17.8. The van der Waals surface area contributed by atoms with Gasteiger partial charge in [0.25, 0.3) is 0 Å². The van der Waals surface area contributed by atoms with Crippen molar-refractivity contribution in [2.75, 3.05) is 6.54 Å². The van der Waals surface area contributed by atoms with Crippen LogP contribution in [0.25, 0.3) is 0 Å². The Morgan fingerprint density at radius 3 is 2.08 bits per heavy atom. The fourth-order valence-electron chi connectivity index (χ4n) is 3.49. The van der Waals surface area contributed by atoms with Gasteiger partial charge >= 0.3 is 11.9 Å². The number of benzene rings is 2. The lowest BCUT2D eigenvalue weighted by Gasteiger charge is -2.29. The van der Waals surface area contributed by atoms with E-state index < -0.39 is 11.9 Å². The molecule has 0 amide bonds. The van der Waals surface area contributed by atoms with Gasteiger partial charge in [-0.25, -0.2) is 9.59 Å². The monoisotopic (exact) mass is 337 g/mol. The van der Waals surface area contributed by atoms with E-state index in [4.69, 9.17) is 10.2 Å². The van der Waals surface area contributed by atoms with Crippen molar-refractivity contribution < 1.29 is 19.8 Å². The molecule has 2 heterocycles. The molecule has 2 aliphatic heterocycles. The van der Waals surface area contributed by atoms with Crippen LogP contribution >= 0.6 is 0 Å². The summed E-state index contributed by atoms with van der Waals surface area (Å²) in [6, 6.07) is 18.2. The first kappa shape index (κ1) is 16.9. The van der Waals surface area contributed by atoms with Crippen LogP contribution in [0.4, 0.5) is 0 Å². The van der Waals surface area contributed by atoms with Crippen LogP contribution < -0.4 is 5.32 Å². The minimum absolute atomic E-state index is 0.404. The summed E-state index contributed by atoms with van der Waals surface area (Å²) in [7, 11) is 0. The average Bonchev–Trinajstić information content (AvgIpc) is 2.88. The number of nitrogens with one attached hydrogen (secondary N) is 1. The van der Waals surface area contributed by atoms with E-state index >= 15 is 0 Å². The summed E-state index contributed by atoms with van der Waals surface area (Å²) in [5, 5.41) is 19.3. The van der Waals surface area contributed by atoms with E-state index in [0.29, 0.717) is 24.1 Å². The Labute approximate surface area is 145 Å². The third-order valence-corrected chi connectivity index (χ3v) is 4.52. The van der Waals surface area contributed by atoms with Crippen molar-refractivity contribution in [1.29, 1.82) is 0 Å². The van der Waals surface area contributed by atoms with Gasteiger partial charge in [0, 0.05) is 24.6 Å². The lowest BCUT2D eigenvalue weighted by Crippen LogP contribution is -2.31. The molecule has 0 spiro atoms. The third kappa shape index (κ3) is 3.78. The van der Waals surface area contributed by atoms with Crippen molar-refractivity contribution in [3.63, 3.8) is 0 Å². The summed E-state index contributed by atoms with van der Waals surface area (Å²) in [6.07, 6.45) is 2.29. The number of aliphatic carboxylic acids is 2. The molecule has 5 nitrogen and oxygen atoms in total. The molecule has 0 aromatic heterocycles. The third-order valence-electron chi connectivity index (χ3n) is 4.52. The van der Waals surface area contributed by atoms with Crippen molar-refractivity contribution in [1.82, 2.24) is 5.32 Å². The number of carboxylic acids is 2. The van der Waals surface area contributed by atoms with Crippen molar-refractivity contribution in [3.8, 4) is 0 Å². The second kappa shape index (κ2) is 7.32. The number of fused-ring (bicyclic) bond motifs is 1. The van der Waals surface area contributed by atoms with Gasteiger partial charge in [-0.05, 0) is 28.7 Å². The van der Waals surface area contributed by atoms with Crippen LogP contribution in [0.2, 0.25) is 0 Å². The van der Waals surface area contributed by atoms with Crippen LogP contribution in [0.5, 0.6) is 0 Å². The van der Waals surface area contributed by atoms with E-state index in [2.05, 4.69) is 53.8 Å². The Kier molecular flexibility index (Phi) is 4.95. The van der Waals surface area contributed by atoms with Crippen molar-refractivity contribution in [2.45, 2.75) is 18.4 Å². The highest BCUT2D eigenvalue weighted by Crippen LogP contribution is 2.40. The van der Waals surface area contributed by atoms with Crippen LogP contribution in [-0.2, 0) is 16.0 Å². The molecular formula is C20H19NO4. The van der Waals surface area contributed by atoms with Crippen molar-refractivity contribution in [2.24, 2.45) is 0 Å². The van der Waals surface area contributed by atoms with Crippen LogP contribution in [-0.4, -0.2) is 28.7 Å². The van der Waals surface area contributed by atoms with Crippen LogP contribution in [0.15, 0.2) is 60.7 Å². The van der Waals surface area contributed by atoms with Crippen molar-refractivity contribution in [3.05, 3.63) is 82.9 Å². The van der Waals surface area contributed by atoms with Gasteiger partial charge in [0.15, 0.2) is 0 Å². The second-order valence-electron chi connectivity index (χ2n) is 6.08. The molecule has 0 radical (unpaired) electrons. The topological polar surface area (TPSA) is 86.6 Å².